The van der Waals surface area contributed by atoms with Crippen LogP contribution >= 0.6 is 23.2 Å². The molecule has 6 heteroatoms. The van der Waals surface area contributed by atoms with Crippen molar-refractivity contribution in [2.75, 3.05) is 6.54 Å². The quantitative estimate of drug-likeness (QED) is 0.727. The Labute approximate surface area is 129 Å². The number of hydrogen-bond donors (Lipinski definition) is 0. The zero-order valence-electron chi connectivity index (χ0n) is 12.0. The van der Waals surface area contributed by atoms with Gasteiger partial charge in [-0.15, -0.1) is 0 Å². The van der Waals surface area contributed by atoms with Crippen LogP contribution in [0.4, 0.5) is 4.79 Å². The van der Waals surface area contributed by atoms with Crippen molar-refractivity contribution in [3.63, 3.8) is 0 Å². The first-order chi connectivity index (χ1) is 9.12. The van der Waals surface area contributed by atoms with Gasteiger partial charge in [0.05, 0.1) is 5.54 Å². The second kappa shape index (κ2) is 5.08. The Morgan fingerprint density at radius 2 is 1.90 bits per heavy atom. The molecule has 1 atom stereocenters. The number of aromatic nitrogens is 1. The summed E-state index contributed by atoms with van der Waals surface area (Å²) in [6.07, 6.45) is 0.512. The summed E-state index contributed by atoms with van der Waals surface area (Å²) in [6.45, 7) is 8.18. The van der Waals surface area contributed by atoms with Crippen LogP contribution < -0.4 is 0 Å². The van der Waals surface area contributed by atoms with Crippen LogP contribution in [0, 0.1) is 0 Å². The maximum atomic E-state index is 12.2. The lowest BCUT2D eigenvalue weighted by Crippen LogP contribution is -2.59. The number of ether oxygens (including phenoxy) is 1. The van der Waals surface area contributed by atoms with Gasteiger partial charge in [0.2, 0.25) is 0 Å². The molecule has 0 aliphatic carbocycles. The summed E-state index contributed by atoms with van der Waals surface area (Å²) in [5, 5.41) is 0.648. The van der Waals surface area contributed by atoms with Crippen LogP contribution in [0.5, 0.6) is 0 Å². The molecule has 1 unspecified atom stereocenters. The predicted molar refractivity (Wildman–Crippen MR) is 79.2 cm³/mol. The fourth-order valence-corrected chi connectivity index (χ4v) is 2.71. The first kappa shape index (κ1) is 15.4. The van der Waals surface area contributed by atoms with Gasteiger partial charge in [-0.3, -0.25) is 4.90 Å². The number of amides is 1. The molecule has 1 saturated heterocycles. The first-order valence-electron chi connectivity index (χ1n) is 6.46. The van der Waals surface area contributed by atoms with E-state index in [4.69, 9.17) is 27.9 Å². The molecule has 0 bridgehead atoms. The Kier molecular flexibility index (Phi) is 3.91. The zero-order chi connectivity index (χ0) is 15.1. The van der Waals surface area contributed by atoms with Gasteiger partial charge in [0.1, 0.15) is 15.9 Å². The van der Waals surface area contributed by atoms with Crippen LogP contribution in [-0.4, -0.2) is 28.1 Å². The minimum Gasteiger partial charge on any atom is -0.444 e. The summed E-state index contributed by atoms with van der Waals surface area (Å²) in [7, 11) is 0. The van der Waals surface area contributed by atoms with Crippen LogP contribution in [0.3, 0.4) is 0 Å². The van der Waals surface area contributed by atoms with E-state index in [1.807, 2.05) is 27.7 Å². The lowest BCUT2D eigenvalue weighted by molar-refractivity contribution is -0.0400. The van der Waals surface area contributed by atoms with Crippen molar-refractivity contribution >= 4 is 29.3 Å². The molecule has 0 N–H and O–H groups in total. The average molecular weight is 317 g/mol. The Morgan fingerprint density at radius 1 is 1.35 bits per heavy atom. The summed E-state index contributed by atoms with van der Waals surface area (Å²) in [6, 6.07) is 3.48. The van der Waals surface area contributed by atoms with Gasteiger partial charge in [-0.25, -0.2) is 9.78 Å². The Hall–Kier alpha value is -1.00. The highest BCUT2D eigenvalue weighted by Crippen LogP contribution is 2.42. The first-order valence-corrected chi connectivity index (χ1v) is 7.22. The molecule has 0 spiro atoms. The van der Waals surface area contributed by atoms with Gasteiger partial charge in [0, 0.05) is 6.54 Å². The van der Waals surface area contributed by atoms with E-state index in [-0.39, 0.29) is 6.09 Å². The Balaban J connectivity index is 2.24. The Bertz CT molecular complexity index is 522. The highest BCUT2D eigenvalue weighted by Gasteiger charge is 2.46. The van der Waals surface area contributed by atoms with Crippen molar-refractivity contribution in [2.45, 2.75) is 45.3 Å². The second-order valence-electron chi connectivity index (χ2n) is 6.16. The molecule has 1 amide bonds. The van der Waals surface area contributed by atoms with Gasteiger partial charge in [-0.2, -0.15) is 0 Å². The third-order valence-electron chi connectivity index (χ3n) is 3.42. The molecular formula is C14H18Cl2N2O2. The maximum Gasteiger partial charge on any atom is 0.411 e. The number of nitrogens with zero attached hydrogens (tertiary/aromatic N) is 2. The third kappa shape index (κ3) is 3.01. The van der Waals surface area contributed by atoms with E-state index in [9.17, 15) is 4.79 Å². The van der Waals surface area contributed by atoms with Crippen LogP contribution in [0.15, 0.2) is 12.1 Å². The summed E-state index contributed by atoms with van der Waals surface area (Å²) in [4.78, 5) is 17.8. The van der Waals surface area contributed by atoms with Crippen molar-refractivity contribution in [3.8, 4) is 0 Å². The van der Waals surface area contributed by atoms with Gasteiger partial charge >= 0.3 is 6.09 Å². The molecule has 1 aliphatic rings. The summed E-state index contributed by atoms with van der Waals surface area (Å²) in [5.74, 6) is 0. The van der Waals surface area contributed by atoms with E-state index in [2.05, 4.69) is 4.98 Å². The normalized spacial score (nSPS) is 22.4. The van der Waals surface area contributed by atoms with E-state index in [1.54, 1.807) is 17.0 Å². The lowest BCUT2D eigenvalue weighted by Gasteiger charge is -2.50. The number of rotatable bonds is 1. The summed E-state index contributed by atoms with van der Waals surface area (Å²) < 4.78 is 5.42. The molecule has 110 valence electrons. The molecule has 20 heavy (non-hydrogen) atoms. The number of likely N-dealkylation sites (tertiary alicyclic amines) is 1. The number of pyridine rings is 1. The highest BCUT2D eigenvalue weighted by atomic mass is 35.5. The van der Waals surface area contributed by atoms with Crippen LogP contribution in [0.2, 0.25) is 10.3 Å². The summed E-state index contributed by atoms with van der Waals surface area (Å²) in [5.41, 5.74) is -0.0840. The van der Waals surface area contributed by atoms with Crippen LogP contribution in [-0.2, 0) is 10.3 Å². The van der Waals surface area contributed by atoms with E-state index in [0.717, 1.165) is 12.0 Å². The minimum absolute atomic E-state index is 0.324. The average Bonchev–Trinajstić information content (AvgIpc) is 2.22. The second-order valence-corrected chi connectivity index (χ2v) is 6.93. The summed E-state index contributed by atoms with van der Waals surface area (Å²) >= 11 is 11.9. The monoisotopic (exact) mass is 316 g/mol. The molecule has 2 rings (SSSR count). The SMILES string of the molecule is CC(C)(C)OC(=O)N1CCC1(C)c1cc(Cl)nc(Cl)c1. The van der Waals surface area contributed by atoms with E-state index in [0.29, 0.717) is 16.9 Å². The number of carbonyl (C=O) groups excluding carboxylic acids is 1. The van der Waals surface area contributed by atoms with E-state index >= 15 is 0 Å². The fourth-order valence-electron chi connectivity index (χ4n) is 2.24. The predicted octanol–water partition coefficient (Wildman–Crippen LogP) is 4.24. The van der Waals surface area contributed by atoms with Gasteiger partial charge in [0.25, 0.3) is 0 Å². The van der Waals surface area contributed by atoms with Crippen molar-refractivity contribution < 1.29 is 9.53 Å². The van der Waals surface area contributed by atoms with Gasteiger partial charge < -0.3 is 4.74 Å². The molecule has 1 fully saturated rings. The van der Waals surface area contributed by atoms with E-state index in [1.165, 1.54) is 0 Å². The van der Waals surface area contributed by atoms with Crippen LogP contribution in [0.1, 0.15) is 39.7 Å². The minimum atomic E-state index is -0.513. The molecular weight excluding hydrogens is 299 g/mol. The maximum absolute atomic E-state index is 12.2. The van der Waals surface area contributed by atoms with Crippen molar-refractivity contribution in [1.29, 1.82) is 0 Å². The molecule has 4 nitrogen and oxygen atoms in total. The highest BCUT2D eigenvalue weighted by molar-refractivity contribution is 6.32. The molecule has 1 aliphatic heterocycles. The fraction of sp³-hybridized carbons (Fsp3) is 0.571. The van der Waals surface area contributed by atoms with Crippen molar-refractivity contribution in [3.05, 3.63) is 28.0 Å². The number of hydrogen-bond acceptors (Lipinski definition) is 3. The van der Waals surface area contributed by atoms with Crippen molar-refractivity contribution in [2.24, 2.45) is 0 Å². The Morgan fingerprint density at radius 3 is 2.30 bits per heavy atom. The van der Waals surface area contributed by atoms with E-state index < -0.39 is 11.1 Å². The number of halogens is 2. The molecule has 2 heterocycles. The topological polar surface area (TPSA) is 42.4 Å². The molecule has 0 radical (unpaired) electrons. The number of carbonyl (C=O) groups is 1. The standard InChI is InChI=1S/C14H18Cl2N2O2/c1-13(2,3)20-12(19)18-6-5-14(18,4)9-7-10(15)17-11(16)8-9/h7-8H,5-6H2,1-4H3. The lowest BCUT2D eigenvalue weighted by atomic mass is 9.81. The molecule has 0 saturated carbocycles. The van der Waals surface area contributed by atoms with Gasteiger partial charge in [-0.1, -0.05) is 23.2 Å². The largest absolute Gasteiger partial charge is 0.444 e. The van der Waals surface area contributed by atoms with Crippen molar-refractivity contribution in [1.82, 2.24) is 9.88 Å². The molecule has 0 aromatic carbocycles. The van der Waals surface area contributed by atoms with Gasteiger partial charge in [-0.05, 0) is 51.8 Å². The zero-order valence-corrected chi connectivity index (χ0v) is 13.5. The molecule has 1 aromatic rings. The molecule has 1 aromatic heterocycles. The smallest absolute Gasteiger partial charge is 0.411 e. The van der Waals surface area contributed by atoms with Gasteiger partial charge in [0.15, 0.2) is 0 Å². The third-order valence-corrected chi connectivity index (χ3v) is 3.80. The van der Waals surface area contributed by atoms with Crippen LogP contribution in [0.25, 0.3) is 0 Å².